The fourth-order valence-corrected chi connectivity index (χ4v) is 2.49. The SMILES string of the molecule is COC(=O)c1cccc(CN=C(N)N2CCCCCC2)c1.I. The molecule has 0 aliphatic carbocycles. The number of ether oxygens (including phenoxy) is 1. The lowest BCUT2D eigenvalue weighted by Gasteiger charge is -2.21. The van der Waals surface area contributed by atoms with Gasteiger partial charge in [-0.25, -0.2) is 9.79 Å². The zero-order valence-electron chi connectivity index (χ0n) is 13.0. The summed E-state index contributed by atoms with van der Waals surface area (Å²) in [6.07, 6.45) is 4.89. The molecule has 0 saturated carbocycles. The molecule has 1 aromatic rings. The Kier molecular flexibility index (Phi) is 8.22. The smallest absolute Gasteiger partial charge is 0.337 e. The van der Waals surface area contributed by atoms with Gasteiger partial charge in [-0.05, 0) is 30.5 Å². The predicted octanol–water partition coefficient (Wildman–Crippen LogP) is 2.78. The highest BCUT2D eigenvalue weighted by molar-refractivity contribution is 14.0. The van der Waals surface area contributed by atoms with Crippen molar-refractivity contribution < 1.29 is 9.53 Å². The number of methoxy groups -OCH3 is 1. The molecule has 5 nitrogen and oxygen atoms in total. The second-order valence-corrected chi connectivity index (χ2v) is 5.27. The van der Waals surface area contributed by atoms with Crippen LogP contribution >= 0.6 is 24.0 Å². The maximum Gasteiger partial charge on any atom is 0.337 e. The molecule has 122 valence electrons. The van der Waals surface area contributed by atoms with Gasteiger partial charge in [0, 0.05) is 13.1 Å². The van der Waals surface area contributed by atoms with Gasteiger partial charge in [0.2, 0.25) is 0 Å². The van der Waals surface area contributed by atoms with Crippen LogP contribution < -0.4 is 5.73 Å². The van der Waals surface area contributed by atoms with Crippen LogP contribution in [0.3, 0.4) is 0 Å². The van der Waals surface area contributed by atoms with Crippen LogP contribution in [0, 0.1) is 0 Å². The van der Waals surface area contributed by atoms with Crippen molar-refractivity contribution >= 4 is 35.9 Å². The maximum absolute atomic E-state index is 11.5. The molecule has 0 unspecified atom stereocenters. The van der Waals surface area contributed by atoms with Gasteiger partial charge in [-0.3, -0.25) is 0 Å². The van der Waals surface area contributed by atoms with Crippen molar-refractivity contribution in [1.29, 1.82) is 0 Å². The van der Waals surface area contributed by atoms with E-state index < -0.39 is 0 Å². The van der Waals surface area contributed by atoms with E-state index in [1.807, 2.05) is 12.1 Å². The third kappa shape index (κ3) is 5.47. The number of rotatable bonds is 3. The van der Waals surface area contributed by atoms with Crippen molar-refractivity contribution in [2.24, 2.45) is 10.7 Å². The minimum atomic E-state index is -0.332. The van der Waals surface area contributed by atoms with E-state index in [9.17, 15) is 4.79 Å². The Bertz CT molecular complexity index is 512. The topological polar surface area (TPSA) is 67.9 Å². The lowest BCUT2D eigenvalue weighted by molar-refractivity contribution is 0.0600. The van der Waals surface area contributed by atoms with Gasteiger partial charge in [0.05, 0.1) is 19.2 Å². The third-order valence-corrected chi connectivity index (χ3v) is 3.70. The van der Waals surface area contributed by atoms with Crippen LogP contribution in [-0.2, 0) is 11.3 Å². The fourth-order valence-electron chi connectivity index (χ4n) is 2.49. The number of carbonyl (C=O) groups excluding carboxylic acids is 1. The first kappa shape index (κ1) is 18.7. The molecule has 2 N–H and O–H groups in total. The van der Waals surface area contributed by atoms with Gasteiger partial charge >= 0.3 is 5.97 Å². The predicted molar refractivity (Wildman–Crippen MR) is 98.6 cm³/mol. The molecule has 0 spiro atoms. The van der Waals surface area contributed by atoms with Crippen molar-refractivity contribution in [3.8, 4) is 0 Å². The summed E-state index contributed by atoms with van der Waals surface area (Å²) in [6.45, 7) is 2.45. The Morgan fingerprint density at radius 1 is 1.27 bits per heavy atom. The molecular weight excluding hydrogens is 393 g/mol. The number of aliphatic imine (C=N–C) groups is 1. The molecule has 22 heavy (non-hydrogen) atoms. The Labute approximate surface area is 148 Å². The fraction of sp³-hybridized carbons (Fsp3) is 0.500. The van der Waals surface area contributed by atoms with Gasteiger partial charge in [0.15, 0.2) is 5.96 Å². The second kappa shape index (κ2) is 9.66. The number of carbonyl (C=O) groups is 1. The quantitative estimate of drug-likeness (QED) is 0.356. The van der Waals surface area contributed by atoms with E-state index >= 15 is 0 Å². The van der Waals surface area contributed by atoms with Crippen LogP contribution in [0.4, 0.5) is 0 Å². The number of guanidine groups is 1. The molecule has 1 fully saturated rings. The van der Waals surface area contributed by atoms with Crippen LogP contribution in [-0.4, -0.2) is 37.0 Å². The van der Waals surface area contributed by atoms with Gasteiger partial charge in [-0.2, -0.15) is 0 Å². The van der Waals surface area contributed by atoms with E-state index in [1.165, 1.54) is 32.8 Å². The summed E-state index contributed by atoms with van der Waals surface area (Å²) in [4.78, 5) is 18.1. The molecular formula is C16H24IN3O2. The molecule has 0 aromatic heterocycles. The van der Waals surface area contributed by atoms with Crippen molar-refractivity contribution in [2.75, 3.05) is 20.2 Å². The maximum atomic E-state index is 11.5. The van der Waals surface area contributed by atoms with E-state index in [2.05, 4.69) is 9.89 Å². The minimum Gasteiger partial charge on any atom is -0.465 e. The minimum absolute atomic E-state index is 0. The van der Waals surface area contributed by atoms with Crippen LogP contribution in [0.2, 0.25) is 0 Å². The van der Waals surface area contributed by atoms with Gasteiger partial charge in [-0.1, -0.05) is 25.0 Å². The molecule has 1 saturated heterocycles. The summed E-state index contributed by atoms with van der Waals surface area (Å²) in [5.41, 5.74) is 7.57. The van der Waals surface area contributed by atoms with Gasteiger partial charge in [-0.15, -0.1) is 24.0 Å². The Morgan fingerprint density at radius 3 is 2.59 bits per heavy atom. The zero-order valence-corrected chi connectivity index (χ0v) is 15.3. The number of hydrogen-bond acceptors (Lipinski definition) is 3. The first-order valence-electron chi connectivity index (χ1n) is 7.43. The van der Waals surface area contributed by atoms with Crippen LogP contribution in [0.25, 0.3) is 0 Å². The number of halogens is 1. The van der Waals surface area contributed by atoms with E-state index in [1.54, 1.807) is 12.1 Å². The van der Waals surface area contributed by atoms with E-state index in [4.69, 9.17) is 10.5 Å². The summed E-state index contributed by atoms with van der Waals surface area (Å²) in [7, 11) is 1.38. The molecule has 2 rings (SSSR count). The Hall–Kier alpha value is -1.31. The van der Waals surface area contributed by atoms with Crippen LogP contribution in [0.15, 0.2) is 29.3 Å². The summed E-state index contributed by atoms with van der Waals surface area (Å²) < 4.78 is 4.72. The first-order chi connectivity index (χ1) is 10.2. The monoisotopic (exact) mass is 417 g/mol. The molecule has 0 radical (unpaired) electrons. The molecule has 0 bridgehead atoms. The van der Waals surface area contributed by atoms with E-state index in [0.717, 1.165) is 18.7 Å². The van der Waals surface area contributed by atoms with Crippen LogP contribution in [0.5, 0.6) is 0 Å². The lowest BCUT2D eigenvalue weighted by atomic mass is 10.1. The first-order valence-corrected chi connectivity index (χ1v) is 7.43. The summed E-state index contributed by atoms with van der Waals surface area (Å²) in [6, 6.07) is 7.30. The number of likely N-dealkylation sites (tertiary alicyclic amines) is 1. The molecule has 1 aliphatic rings. The summed E-state index contributed by atoms with van der Waals surface area (Å²) in [5.74, 6) is 0.265. The number of esters is 1. The summed E-state index contributed by atoms with van der Waals surface area (Å²) in [5, 5.41) is 0. The normalized spacial score (nSPS) is 15.7. The molecule has 0 amide bonds. The van der Waals surface area contributed by atoms with E-state index in [-0.39, 0.29) is 29.9 Å². The Balaban J connectivity index is 0.00000242. The molecule has 6 heteroatoms. The summed E-state index contributed by atoms with van der Waals surface area (Å²) >= 11 is 0. The van der Waals surface area contributed by atoms with Gasteiger partial charge in [0.25, 0.3) is 0 Å². The molecule has 1 aromatic carbocycles. The average Bonchev–Trinajstić information content (AvgIpc) is 2.81. The highest BCUT2D eigenvalue weighted by atomic mass is 127. The molecule has 1 aliphatic heterocycles. The van der Waals surface area contributed by atoms with E-state index in [0.29, 0.717) is 18.1 Å². The van der Waals surface area contributed by atoms with Crippen molar-refractivity contribution in [1.82, 2.24) is 4.90 Å². The van der Waals surface area contributed by atoms with Crippen molar-refractivity contribution in [3.63, 3.8) is 0 Å². The largest absolute Gasteiger partial charge is 0.465 e. The van der Waals surface area contributed by atoms with Crippen molar-refractivity contribution in [3.05, 3.63) is 35.4 Å². The number of nitrogens with zero attached hydrogens (tertiary/aromatic N) is 2. The standard InChI is InChI=1S/C16H23N3O2.HI/c1-21-15(20)14-8-6-7-13(11-14)12-18-16(17)19-9-4-2-3-5-10-19;/h6-8,11H,2-5,9-10,12H2,1H3,(H2,17,18);1H. The van der Waals surface area contributed by atoms with Crippen molar-refractivity contribution in [2.45, 2.75) is 32.2 Å². The van der Waals surface area contributed by atoms with Crippen LogP contribution in [0.1, 0.15) is 41.6 Å². The third-order valence-electron chi connectivity index (χ3n) is 3.70. The number of benzene rings is 1. The number of nitrogens with two attached hydrogens (primary N) is 1. The lowest BCUT2D eigenvalue weighted by Crippen LogP contribution is -2.38. The molecule has 1 heterocycles. The highest BCUT2D eigenvalue weighted by Crippen LogP contribution is 2.11. The van der Waals surface area contributed by atoms with Gasteiger partial charge in [0.1, 0.15) is 0 Å². The average molecular weight is 417 g/mol. The zero-order chi connectivity index (χ0) is 15.1. The second-order valence-electron chi connectivity index (χ2n) is 5.27. The molecule has 0 atom stereocenters. The Morgan fingerprint density at radius 2 is 1.95 bits per heavy atom. The van der Waals surface area contributed by atoms with Gasteiger partial charge < -0.3 is 15.4 Å². The highest BCUT2D eigenvalue weighted by Gasteiger charge is 2.11. The number of hydrogen-bond donors (Lipinski definition) is 1.